The fourth-order valence-electron chi connectivity index (χ4n) is 2.92. The number of benzene rings is 3. The lowest BCUT2D eigenvalue weighted by Gasteiger charge is -2.27. The van der Waals surface area contributed by atoms with Crippen molar-refractivity contribution < 1.29 is 21.8 Å². The molecule has 0 saturated heterocycles. The summed E-state index contributed by atoms with van der Waals surface area (Å²) in [6, 6.07) is 18.0. The summed E-state index contributed by atoms with van der Waals surface area (Å²) < 4.78 is 44.1. The largest absolute Gasteiger partial charge is 0.379 e. The molecule has 3 aromatic carbocycles. The highest BCUT2D eigenvalue weighted by Crippen LogP contribution is 2.22. The number of carbonyl (C=O) groups excluding carboxylic acids is 1. The van der Waals surface area contributed by atoms with Gasteiger partial charge in [-0.15, -0.1) is 0 Å². The molecule has 0 aliphatic carbocycles. The maximum Gasteiger partial charge on any atom is 0.339 e. The third kappa shape index (κ3) is 5.92. The van der Waals surface area contributed by atoms with Gasteiger partial charge in [0.1, 0.15) is 16.5 Å². The third-order valence-electron chi connectivity index (χ3n) is 4.53. The van der Waals surface area contributed by atoms with Crippen molar-refractivity contribution in [2.45, 2.75) is 31.3 Å². The van der Waals surface area contributed by atoms with Gasteiger partial charge in [-0.3, -0.25) is 4.79 Å². The van der Waals surface area contributed by atoms with Gasteiger partial charge in [-0.1, -0.05) is 28.1 Å². The molecule has 3 rings (SSSR count). The van der Waals surface area contributed by atoms with Crippen molar-refractivity contribution in [3.63, 3.8) is 0 Å². The van der Waals surface area contributed by atoms with Crippen LogP contribution in [0.25, 0.3) is 0 Å². The molecule has 0 unspecified atom stereocenters. The van der Waals surface area contributed by atoms with Gasteiger partial charge in [-0.25, -0.2) is 4.39 Å². The number of hydrogen-bond donors (Lipinski definition) is 0. The lowest BCUT2D eigenvalue weighted by molar-refractivity contribution is 0.0690. The lowest BCUT2D eigenvalue weighted by Crippen LogP contribution is -2.36. The zero-order chi connectivity index (χ0) is 22.6. The van der Waals surface area contributed by atoms with Gasteiger partial charge in [0, 0.05) is 22.6 Å². The molecule has 0 radical (unpaired) electrons. The summed E-state index contributed by atoms with van der Waals surface area (Å²) in [6.45, 7) is 4.10. The van der Waals surface area contributed by atoms with Gasteiger partial charge in [0.05, 0.1) is 0 Å². The van der Waals surface area contributed by atoms with E-state index in [1.54, 1.807) is 47.4 Å². The third-order valence-corrected chi connectivity index (χ3v) is 6.33. The van der Waals surface area contributed by atoms with E-state index in [1.165, 1.54) is 6.07 Å². The molecular formula is C23H21BrFNO4S. The molecule has 8 heteroatoms. The van der Waals surface area contributed by atoms with Gasteiger partial charge in [0.25, 0.3) is 5.91 Å². The van der Waals surface area contributed by atoms with Crippen LogP contribution >= 0.6 is 15.9 Å². The lowest BCUT2D eigenvalue weighted by atomic mass is 10.1. The summed E-state index contributed by atoms with van der Waals surface area (Å²) in [5.74, 6) is -0.556. The molecule has 0 saturated carbocycles. The Bertz CT molecular complexity index is 1160. The van der Waals surface area contributed by atoms with Crippen molar-refractivity contribution in [1.82, 2.24) is 4.90 Å². The van der Waals surface area contributed by atoms with Crippen LogP contribution in [0.2, 0.25) is 0 Å². The first-order valence-corrected chi connectivity index (χ1v) is 11.7. The molecule has 5 nitrogen and oxygen atoms in total. The molecule has 0 aliphatic rings. The second-order valence-electron chi connectivity index (χ2n) is 7.17. The van der Waals surface area contributed by atoms with E-state index in [1.807, 2.05) is 13.8 Å². The monoisotopic (exact) mass is 505 g/mol. The maximum atomic E-state index is 13.1. The van der Waals surface area contributed by atoms with Crippen LogP contribution in [0, 0.1) is 5.82 Å². The number of carbonyl (C=O) groups is 1. The van der Waals surface area contributed by atoms with Crippen LogP contribution in [0.5, 0.6) is 5.75 Å². The molecule has 0 heterocycles. The highest BCUT2D eigenvalue weighted by atomic mass is 79.9. The summed E-state index contributed by atoms with van der Waals surface area (Å²) in [7, 11) is -4.11. The minimum absolute atomic E-state index is 0.0799. The second-order valence-corrected chi connectivity index (χ2v) is 9.63. The minimum atomic E-state index is -4.11. The average Bonchev–Trinajstić information content (AvgIpc) is 2.72. The molecule has 0 aliphatic heterocycles. The molecule has 162 valence electrons. The van der Waals surface area contributed by atoms with Crippen LogP contribution in [0.1, 0.15) is 29.8 Å². The van der Waals surface area contributed by atoms with E-state index in [4.69, 9.17) is 4.18 Å². The highest BCUT2D eigenvalue weighted by molar-refractivity contribution is 9.10. The van der Waals surface area contributed by atoms with E-state index in [2.05, 4.69) is 15.9 Å². The molecule has 31 heavy (non-hydrogen) atoms. The van der Waals surface area contributed by atoms with Gasteiger partial charge in [0.15, 0.2) is 0 Å². The van der Waals surface area contributed by atoms with Crippen molar-refractivity contribution in [1.29, 1.82) is 0 Å². The first-order valence-electron chi connectivity index (χ1n) is 9.51. The topological polar surface area (TPSA) is 63.7 Å². The van der Waals surface area contributed by atoms with Crippen molar-refractivity contribution in [2.24, 2.45) is 0 Å². The van der Waals surface area contributed by atoms with E-state index < -0.39 is 15.9 Å². The number of rotatable bonds is 7. The first-order chi connectivity index (χ1) is 14.7. The van der Waals surface area contributed by atoms with E-state index in [0.29, 0.717) is 11.1 Å². The van der Waals surface area contributed by atoms with E-state index >= 15 is 0 Å². The Morgan fingerprint density at radius 2 is 1.68 bits per heavy atom. The molecule has 0 spiro atoms. The quantitative estimate of drug-likeness (QED) is 0.403. The normalized spacial score (nSPS) is 11.4. The van der Waals surface area contributed by atoms with Gasteiger partial charge >= 0.3 is 10.1 Å². The molecule has 0 aromatic heterocycles. The Morgan fingerprint density at radius 3 is 2.29 bits per heavy atom. The minimum Gasteiger partial charge on any atom is -0.379 e. The second kappa shape index (κ2) is 9.62. The summed E-state index contributed by atoms with van der Waals surface area (Å²) in [6.07, 6.45) is 0. The number of nitrogens with zero attached hydrogens (tertiary/aromatic N) is 1. The van der Waals surface area contributed by atoms with Gasteiger partial charge < -0.3 is 9.08 Å². The Kier molecular flexibility index (Phi) is 7.12. The zero-order valence-corrected chi connectivity index (χ0v) is 19.4. The SMILES string of the molecule is CC(C)N(Cc1cccc(OS(=O)(=O)c2ccc(F)cc2)c1)C(=O)c1ccc(Br)cc1. The van der Waals surface area contributed by atoms with Crippen LogP contribution in [0.3, 0.4) is 0 Å². The Labute approximate surface area is 189 Å². The van der Waals surface area contributed by atoms with Gasteiger partial charge in [0.2, 0.25) is 0 Å². The summed E-state index contributed by atoms with van der Waals surface area (Å²) in [4.78, 5) is 14.5. The van der Waals surface area contributed by atoms with E-state index in [0.717, 1.165) is 28.7 Å². The molecule has 1 amide bonds. The molecule has 0 bridgehead atoms. The van der Waals surface area contributed by atoms with E-state index in [9.17, 15) is 17.6 Å². The summed E-state index contributed by atoms with van der Waals surface area (Å²) in [5, 5.41) is 0. The predicted molar refractivity (Wildman–Crippen MR) is 120 cm³/mol. The van der Waals surface area contributed by atoms with Crippen molar-refractivity contribution in [3.8, 4) is 5.75 Å². The summed E-state index contributed by atoms with van der Waals surface area (Å²) in [5.41, 5.74) is 1.27. The van der Waals surface area contributed by atoms with Gasteiger partial charge in [-0.05, 0) is 80.1 Å². The Balaban J connectivity index is 1.80. The molecule has 0 N–H and O–H groups in total. The fourth-order valence-corrected chi connectivity index (χ4v) is 4.10. The number of amides is 1. The number of hydrogen-bond acceptors (Lipinski definition) is 4. The van der Waals surface area contributed by atoms with Crippen LogP contribution < -0.4 is 4.18 Å². The van der Waals surface area contributed by atoms with Crippen LogP contribution in [0.15, 0.2) is 82.2 Å². The molecule has 3 aromatic rings. The van der Waals surface area contributed by atoms with Crippen molar-refractivity contribution in [3.05, 3.63) is 94.2 Å². The number of halogens is 2. The van der Waals surface area contributed by atoms with Gasteiger partial charge in [-0.2, -0.15) is 8.42 Å². The fraction of sp³-hybridized carbons (Fsp3) is 0.174. The van der Waals surface area contributed by atoms with E-state index in [-0.39, 0.29) is 29.1 Å². The Hall–Kier alpha value is -2.71. The highest BCUT2D eigenvalue weighted by Gasteiger charge is 2.20. The van der Waals surface area contributed by atoms with Crippen LogP contribution in [-0.4, -0.2) is 25.3 Å². The van der Waals surface area contributed by atoms with Crippen molar-refractivity contribution in [2.75, 3.05) is 0 Å². The first kappa shape index (κ1) is 23.0. The maximum absolute atomic E-state index is 13.1. The smallest absolute Gasteiger partial charge is 0.339 e. The van der Waals surface area contributed by atoms with Crippen molar-refractivity contribution >= 4 is 32.0 Å². The molecular weight excluding hydrogens is 485 g/mol. The summed E-state index contributed by atoms with van der Waals surface area (Å²) >= 11 is 3.36. The average molecular weight is 506 g/mol. The zero-order valence-electron chi connectivity index (χ0n) is 17.0. The Morgan fingerprint density at radius 1 is 1.03 bits per heavy atom. The predicted octanol–water partition coefficient (Wildman–Crippen LogP) is 5.41. The standard InChI is InChI=1S/C23H21BrFNO4S/c1-16(2)26(23(27)18-6-8-19(24)9-7-18)15-17-4-3-5-21(14-17)30-31(28,29)22-12-10-20(25)11-13-22/h3-14,16H,15H2,1-2H3. The molecule has 0 atom stereocenters. The van der Waals surface area contributed by atoms with Crippen LogP contribution in [0.4, 0.5) is 4.39 Å². The van der Waals surface area contributed by atoms with Crippen LogP contribution in [-0.2, 0) is 16.7 Å². The molecule has 0 fully saturated rings.